The number of unbranched alkanes of at least 4 members (excludes halogenated alkanes) is 3. The number of likely N-dealkylation sites (tertiary alicyclic amines) is 1. The average molecular weight is 395 g/mol. The van der Waals surface area contributed by atoms with Gasteiger partial charge in [-0.05, 0) is 6.42 Å². The van der Waals surface area contributed by atoms with Crippen LogP contribution in [-0.2, 0) is 42.9 Å². The molecule has 1 amide bonds. The van der Waals surface area contributed by atoms with Crippen molar-refractivity contribution in [3.05, 3.63) is 25.0 Å². The van der Waals surface area contributed by atoms with E-state index in [1.54, 1.807) is 6.26 Å². The predicted molar refractivity (Wildman–Crippen MR) is 86.8 cm³/mol. The van der Waals surface area contributed by atoms with Gasteiger partial charge in [-0.1, -0.05) is 33.6 Å². The first-order valence-corrected chi connectivity index (χ1v) is 8.22. The zero-order valence-electron chi connectivity index (χ0n) is 14.6. The van der Waals surface area contributed by atoms with Crippen molar-refractivity contribution < 1.29 is 46.7 Å². The van der Waals surface area contributed by atoms with Crippen LogP contribution in [0.25, 0.3) is 0 Å². The second-order valence-corrected chi connectivity index (χ2v) is 7.07. The molecule has 0 bridgehead atoms. The second-order valence-electron chi connectivity index (χ2n) is 7.07. The van der Waals surface area contributed by atoms with Crippen molar-refractivity contribution in [1.82, 2.24) is 4.90 Å². The first-order chi connectivity index (χ1) is 10.4. The molecule has 1 aliphatic rings. The molecule has 1 atom stereocenters. The Kier molecular flexibility index (Phi) is 8.30. The van der Waals surface area contributed by atoms with Gasteiger partial charge in [0.05, 0.1) is 12.5 Å². The fourth-order valence-corrected chi connectivity index (χ4v) is 2.59. The Morgan fingerprint density at radius 2 is 2.09 bits per heavy atom. The van der Waals surface area contributed by atoms with Gasteiger partial charge in [0.1, 0.15) is 18.6 Å². The molecule has 0 saturated carbocycles. The minimum absolute atomic E-state index is 0. The van der Waals surface area contributed by atoms with Crippen LogP contribution in [-0.4, -0.2) is 30.0 Å². The van der Waals surface area contributed by atoms with Gasteiger partial charge in [-0.25, -0.2) is 0 Å². The maximum absolute atomic E-state index is 11.7. The molecule has 4 nitrogen and oxygen atoms in total. The molecular formula is C18H28NO3Y-. The molecule has 2 heterocycles. The van der Waals surface area contributed by atoms with Crippen LogP contribution in [0, 0.1) is 6.92 Å². The largest absolute Gasteiger partial charge is 0.488 e. The number of amides is 1. The van der Waals surface area contributed by atoms with Crippen LogP contribution in [0.2, 0.25) is 0 Å². The van der Waals surface area contributed by atoms with Gasteiger partial charge in [0.25, 0.3) is 0 Å². The molecule has 23 heavy (non-hydrogen) atoms. The maximum atomic E-state index is 11.7. The molecule has 0 spiro atoms. The zero-order chi connectivity index (χ0) is 16.2. The number of nitrogens with zero attached hydrogens (tertiary/aromatic N) is 1. The van der Waals surface area contributed by atoms with Gasteiger partial charge in [-0.2, -0.15) is 6.42 Å². The Labute approximate surface area is 165 Å². The van der Waals surface area contributed by atoms with E-state index < -0.39 is 0 Å². The number of furan rings is 1. The summed E-state index contributed by atoms with van der Waals surface area (Å²) < 4.78 is 11.3. The van der Waals surface area contributed by atoms with Crippen LogP contribution in [0.3, 0.4) is 0 Å². The Bertz CT molecular complexity index is 493. The van der Waals surface area contributed by atoms with E-state index in [9.17, 15) is 4.79 Å². The van der Waals surface area contributed by atoms with E-state index in [1.807, 2.05) is 11.0 Å². The van der Waals surface area contributed by atoms with Crippen LogP contribution in [0.15, 0.2) is 16.7 Å². The molecule has 1 radical (unpaired) electrons. The van der Waals surface area contributed by atoms with Crippen LogP contribution in [0.4, 0.5) is 0 Å². The number of rotatable bonds is 8. The summed E-state index contributed by atoms with van der Waals surface area (Å²) in [5, 5.41) is 0. The van der Waals surface area contributed by atoms with Gasteiger partial charge in [0, 0.05) is 50.7 Å². The fraction of sp³-hybridized carbons (Fsp3) is 0.667. The fourth-order valence-electron chi connectivity index (χ4n) is 2.59. The Morgan fingerprint density at radius 1 is 1.35 bits per heavy atom. The van der Waals surface area contributed by atoms with Crippen LogP contribution in [0.1, 0.15) is 58.6 Å². The number of hydrogen-bond donors (Lipinski definition) is 0. The van der Waals surface area contributed by atoms with Crippen LogP contribution >= 0.6 is 0 Å². The van der Waals surface area contributed by atoms with Crippen molar-refractivity contribution in [3.8, 4) is 5.75 Å². The first kappa shape index (κ1) is 20.7. The van der Waals surface area contributed by atoms with Gasteiger partial charge < -0.3 is 21.0 Å². The summed E-state index contributed by atoms with van der Waals surface area (Å²) in [7, 11) is 0. The normalized spacial score (nSPS) is 17.7. The standard InChI is InChI=1S/C18H28NO3.Y/c1-5-6-7-8-9-19-14(10-17(19)20)12-21-15-11-16(22-13-15)18(2,3)4;/h11,13-14H,1,5-10,12H2,2-4H3;/q-1;/t14-;/m1./s1. The molecule has 0 aromatic carbocycles. The molecular weight excluding hydrogens is 367 g/mol. The molecule has 5 heteroatoms. The molecule has 2 rings (SSSR count). The summed E-state index contributed by atoms with van der Waals surface area (Å²) in [6, 6.07) is 2.15. The third-order valence-electron chi connectivity index (χ3n) is 4.08. The summed E-state index contributed by atoms with van der Waals surface area (Å²) >= 11 is 0. The van der Waals surface area contributed by atoms with Gasteiger partial charge in [-0.3, -0.25) is 4.79 Å². The molecule has 0 N–H and O–H groups in total. The van der Waals surface area contributed by atoms with Crippen molar-refractivity contribution in [1.29, 1.82) is 0 Å². The molecule has 1 aliphatic heterocycles. The molecule has 1 aromatic heterocycles. The van der Waals surface area contributed by atoms with E-state index in [0.29, 0.717) is 13.0 Å². The van der Waals surface area contributed by atoms with Crippen LogP contribution in [0.5, 0.6) is 5.75 Å². The van der Waals surface area contributed by atoms with Gasteiger partial charge in [-0.15, -0.1) is 0 Å². The van der Waals surface area contributed by atoms with Gasteiger partial charge >= 0.3 is 0 Å². The smallest absolute Gasteiger partial charge is 0.225 e. The minimum Gasteiger partial charge on any atom is -0.488 e. The number of ether oxygens (including phenoxy) is 1. The summed E-state index contributed by atoms with van der Waals surface area (Å²) in [4.78, 5) is 13.6. The van der Waals surface area contributed by atoms with Crippen molar-refractivity contribution in [2.75, 3.05) is 13.2 Å². The number of carbonyl (C=O) groups is 1. The number of β-lactam (4-membered cyclic amide) rings is 1. The molecule has 0 aliphatic carbocycles. The summed E-state index contributed by atoms with van der Waals surface area (Å²) in [6.45, 7) is 11.5. The van der Waals surface area contributed by atoms with Crippen molar-refractivity contribution in [2.45, 2.75) is 64.3 Å². The third-order valence-corrected chi connectivity index (χ3v) is 4.08. The van der Waals surface area contributed by atoms with E-state index in [0.717, 1.165) is 43.7 Å². The van der Waals surface area contributed by atoms with E-state index >= 15 is 0 Å². The van der Waals surface area contributed by atoms with Crippen molar-refractivity contribution >= 4 is 5.91 Å². The maximum Gasteiger partial charge on any atom is 0.225 e. The van der Waals surface area contributed by atoms with Crippen LogP contribution < -0.4 is 4.74 Å². The number of hydrogen-bond acceptors (Lipinski definition) is 3. The average Bonchev–Trinajstić information content (AvgIpc) is 2.92. The quantitative estimate of drug-likeness (QED) is 0.380. The molecule has 1 saturated heterocycles. The Hall–Kier alpha value is -0.346. The van der Waals surface area contributed by atoms with Crippen molar-refractivity contribution in [2.24, 2.45) is 0 Å². The minimum atomic E-state index is -0.0196. The second kappa shape index (κ2) is 9.22. The summed E-state index contributed by atoms with van der Waals surface area (Å²) in [5.41, 5.74) is -0.0196. The van der Waals surface area contributed by atoms with Gasteiger partial charge in [0.2, 0.25) is 5.91 Å². The van der Waals surface area contributed by atoms with E-state index in [1.165, 1.54) is 0 Å². The molecule has 1 aromatic rings. The number of carbonyl (C=O) groups excluding carboxylic acids is 1. The third kappa shape index (κ3) is 5.90. The predicted octanol–water partition coefficient (Wildman–Crippen LogP) is 3.95. The SMILES string of the molecule is [CH2-]CCCCCN1C(=O)C[C@@H]1COc1coc(C(C)(C)C)c1.[Y]. The Morgan fingerprint density at radius 3 is 2.65 bits per heavy atom. The topological polar surface area (TPSA) is 42.7 Å². The molecule has 127 valence electrons. The Balaban J connectivity index is 0.00000264. The van der Waals surface area contributed by atoms with Crippen molar-refractivity contribution in [3.63, 3.8) is 0 Å². The molecule has 0 unspecified atom stereocenters. The van der Waals surface area contributed by atoms with Gasteiger partial charge in [0.15, 0.2) is 5.75 Å². The first-order valence-electron chi connectivity index (χ1n) is 8.22. The summed E-state index contributed by atoms with van der Waals surface area (Å²) in [5.74, 6) is 1.91. The van der Waals surface area contributed by atoms with E-state index in [4.69, 9.17) is 9.15 Å². The monoisotopic (exact) mass is 395 g/mol. The zero-order valence-corrected chi connectivity index (χ0v) is 17.5. The van der Waals surface area contributed by atoms with E-state index in [-0.39, 0.29) is 50.1 Å². The molecule has 1 fully saturated rings. The summed E-state index contributed by atoms with van der Waals surface area (Å²) in [6.07, 6.45) is 6.54. The van der Waals surface area contributed by atoms with E-state index in [2.05, 4.69) is 27.7 Å².